The van der Waals surface area contributed by atoms with Gasteiger partial charge in [0.15, 0.2) is 16.9 Å². The zero-order chi connectivity index (χ0) is 24.4. The zero-order valence-electron chi connectivity index (χ0n) is 20.7. The quantitative estimate of drug-likeness (QED) is 0.367. The van der Waals surface area contributed by atoms with E-state index in [4.69, 9.17) is 13.9 Å². The van der Waals surface area contributed by atoms with Gasteiger partial charge in [-0.2, -0.15) is 0 Å². The number of carbonyl (C=O) groups is 1. The van der Waals surface area contributed by atoms with Crippen LogP contribution in [0.1, 0.15) is 78.9 Å². The maximum Gasteiger partial charge on any atom is 0.290 e. The van der Waals surface area contributed by atoms with E-state index in [1.807, 2.05) is 58.0 Å². The van der Waals surface area contributed by atoms with Crippen molar-refractivity contribution in [1.29, 1.82) is 0 Å². The van der Waals surface area contributed by atoms with Gasteiger partial charge in [0.25, 0.3) is 5.91 Å². The van der Waals surface area contributed by atoms with E-state index < -0.39 is 6.04 Å². The first-order chi connectivity index (χ1) is 16.4. The Morgan fingerprint density at radius 3 is 2.47 bits per heavy atom. The summed E-state index contributed by atoms with van der Waals surface area (Å²) in [6, 6.07) is 8.96. The summed E-state index contributed by atoms with van der Waals surface area (Å²) in [7, 11) is 0. The average molecular weight is 464 g/mol. The Kier molecular flexibility index (Phi) is 6.96. The van der Waals surface area contributed by atoms with Crippen LogP contribution in [0.2, 0.25) is 0 Å². The molecule has 1 unspecified atom stereocenters. The minimum Gasteiger partial charge on any atom is -0.490 e. The molecule has 0 saturated heterocycles. The van der Waals surface area contributed by atoms with Crippen LogP contribution in [0.5, 0.6) is 11.5 Å². The topological polar surface area (TPSA) is 69.0 Å². The number of nitrogens with zero attached hydrogens (tertiary/aromatic N) is 1. The fourth-order valence-corrected chi connectivity index (χ4v) is 4.70. The zero-order valence-corrected chi connectivity index (χ0v) is 20.7. The SMILES string of the molecule is CCCCOc1ccc(C2c3c(oc4c(C)cc(C)cc4c3=O)C(=O)N2CCC)cc1OCC. The lowest BCUT2D eigenvalue weighted by atomic mass is 9.97. The highest BCUT2D eigenvalue weighted by Gasteiger charge is 2.42. The van der Waals surface area contributed by atoms with Gasteiger partial charge in [-0.1, -0.05) is 32.4 Å². The number of benzene rings is 2. The summed E-state index contributed by atoms with van der Waals surface area (Å²) in [5.74, 6) is 1.18. The Bertz CT molecular complexity index is 1280. The second kappa shape index (κ2) is 9.92. The third-order valence-corrected chi connectivity index (χ3v) is 6.20. The number of aryl methyl sites for hydroxylation is 2. The van der Waals surface area contributed by atoms with E-state index in [0.29, 0.717) is 47.8 Å². The molecule has 4 rings (SSSR count). The first-order valence-electron chi connectivity index (χ1n) is 12.2. The predicted molar refractivity (Wildman–Crippen MR) is 133 cm³/mol. The molecule has 2 aromatic carbocycles. The highest BCUT2D eigenvalue weighted by molar-refractivity contribution is 5.99. The smallest absolute Gasteiger partial charge is 0.290 e. The maximum atomic E-state index is 13.8. The van der Waals surface area contributed by atoms with Gasteiger partial charge in [-0.15, -0.1) is 0 Å². The molecule has 6 heteroatoms. The summed E-state index contributed by atoms with van der Waals surface area (Å²) in [5.41, 5.74) is 3.37. The van der Waals surface area contributed by atoms with Crippen molar-refractivity contribution in [3.05, 3.63) is 68.6 Å². The standard InChI is InChI=1S/C28H33NO5/c1-6-9-13-33-21-11-10-19(16-22(21)32-8-3)24-23-25(30)20-15-17(4)14-18(5)26(20)34-27(23)28(31)29(24)12-7-2/h10-11,14-16,24H,6-9,12-13H2,1-5H3. The normalized spacial score (nSPS) is 15.1. The van der Waals surface area contributed by atoms with Crippen molar-refractivity contribution in [2.75, 3.05) is 19.8 Å². The Hall–Kier alpha value is -3.28. The number of unbranched alkanes of at least 4 members (excludes halogenated alkanes) is 1. The largest absolute Gasteiger partial charge is 0.490 e. The third kappa shape index (κ3) is 4.17. The van der Waals surface area contributed by atoms with Crippen molar-refractivity contribution in [2.24, 2.45) is 0 Å². The summed E-state index contributed by atoms with van der Waals surface area (Å²) < 4.78 is 17.9. The van der Waals surface area contributed by atoms with E-state index in [0.717, 1.165) is 36.0 Å². The second-order valence-corrected chi connectivity index (χ2v) is 8.87. The molecule has 0 radical (unpaired) electrons. The molecule has 1 aliphatic heterocycles. The minimum absolute atomic E-state index is 0.143. The number of amides is 1. The predicted octanol–water partition coefficient (Wildman–Crippen LogP) is 5.94. The van der Waals surface area contributed by atoms with Crippen LogP contribution in [0.3, 0.4) is 0 Å². The van der Waals surface area contributed by atoms with Crippen LogP contribution in [-0.2, 0) is 0 Å². The van der Waals surface area contributed by atoms with E-state index in [9.17, 15) is 9.59 Å². The van der Waals surface area contributed by atoms with Crippen LogP contribution in [0.25, 0.3) is 11.0 Å². The van der Waals surface area contributed by atoms with Crippen LogP contribution < -0.4 is 14.9 Å². The van der Waals surface area contributed by atoms with Gasteiger partial charge >= 0.3 is 0 Å². The Balaban J connectivity index is 1.89. The first kappa shape index (κ1) is 23.9. The van der Waals surface area contributed by atoms with Crippen molar-refractivity contribution < 1.29 is 18.7 Å². The molecule has 0 fully saturated rings. The molecular weight excluding hydrogens is 430 g/mol. The molecule has 6 nitrogen and oxygen atoms in total. The molecule has 0 spiro atoms. The Morgan fingerprint density at radius 1 is 0.971 bits per heavy atom. The third-order valence-electron chi connectivity index (χ3n) is 6.20. The second-order valence-electron chi connectivity index (χ2n) is 8.87. The van der Waals surface area contributed by atoms with E-state index in [1.54, 1.807) is 4.90 Å². The molecule has 0 aliphatic carbocycles. The lowest BCUT2D eigenvalue weighted by molar-refractivity contribution is 0.0728. The van der Waals surface area contributed by atoms with Crippen LogP contribution in [0, 0.1) is 13.8 Å². The van der Waals surface area contributed by atoms with Crippen LogP contribution >= 0.6 is 0 Å². The van der Waals surface area contributed by atoms with Gasteiger partial charge in [-0.05, 0) is 68.5 Å². The van der Waals surface area contributed by atoms with Gasteiger partial charge in [0.1, 0.15) is 5.58 Å². The molecular formula is C28H33NO5. The monoisotopic (exact) mass is 463 g/mol. The summed E-state index contributed by atoms with van der Waals surface area (Å²) in [6.07, 6.45) is 2.76. The fourth-order valence-electron chi connectivity index (χ4n) is 4.70. The van der Waals surface area contributed by atoms with Crippen molar-refractivity contribution >= 4 is 16.9 Å². The number of ether oxygens (including phenoxy) is 2. The number of fused-ring (bicyclic) bond motifs is 2. The van der Waals surface area contributed by atoms with Crippen molar-refractivity contribution in [3.8, 4) is 11.5 Å². The van der Waals surface area contributed by atoms with Gasteiger partial charge in [0.05, 0.1) is 30.2 Å². The molecule has 1 atom stereocenters. The molecule has 2 heterocycles. The molecule has 3 aromatic rings. The number of rotatable bonds is 9. The van der Waals surface area contributed by atoms with E-state index in [2.05, 4.69) is 6.92 Å². The summed E-state index contributed by atoms with van der Waals surface area (Å²) in [5, 5.41) is 0.511. The minimum atomic E-state index is -0.534. The Morgan fingerprint density at radius 2 is 1.76 bits per heavy atom. The molecule has 180 valence electrons. The maximum absolute atomic E-state index is 13.8. The number of hydrogen-bond donors (Lipinski definition) is 0. The van der Waals surface area contributed by atoms with Crippen molar-refractivity contribution in [3.63, 3.8) is 0 Å². The first-order valence-corrected chi connectivity index (χ1v) is 12.2. The molecule has 0 saturated carbocycles. The fraction of sp³-hybridized carbons (Fsp3) is 0.429. The number of carbonyl (C=O) groups excluding carboxylic acids is 1. The lowest BCUT2D eigenvalue weighted by Gasteiger charge is -2.25. The molecule has 0 bridgehead atoms. The van der Waals surface area contributed by atoms with Gasteiger partial charge in [0.2, 0.25) is 5.76 Å². The summed E-state index contributed by atoms with van der Waals surface area (Å²) in [4.78, 5) is 28.9. The van der Waals surface area contributed by atoms with Gasteiger partial charge in [-0.25, -0.2) is 0 Å². The highest BCUT2D eigenvalue weighted by Crippen LogP contribution is 2.41. The average Bonchev–Trinajstić information content (AvgIpc) is 3.08. The molecule has 34 heavy (non-hydrogen) atoms. The summed E-state index contributed by atoms with van der Waals surface area (Å²) >= 11 is 0. The Labute approximate surface area is 200 Å². The van der Waals surface area contributed by atoms with Crippen molar-refractivity contribution in [2.45, 2.75) is 59.9 Å². The van der Waals surface area contributed by atoms with E-state index in [-0.39, 0.29) is 17.1 Å². The highest BCUT2D eigenvalue weighted by atomic mass is 16.5. The van der Waals surface area contributed by atoms with Gasteiger partial charge in [-0.3, -0.25) is 9.59 Å². The lowest BCUT2D eigenvalue weighted by Crippen LogP contribution is -2.30. The van der Waals surface area contributed by atoms with E-state index >= 15 is 0 Å². The number of hydrogen-bond acceptors (Lipinski definition) is 5. The van der Waals surface area contributed by atoms with Gasteiger partial charge < -0.3 is 18.8 Å². The molecule has 1 aliphatic rings. The van der Waals surface area contributed by atoms with Crippen LogP contribution in [0.15, 0.2) is 39.5 Å². The van der Waals surface area contributed by atoms with Crippen LogP contribution in [0.4, 0.5) is 0 Å². The summed E-state index contributed by atoms with van der Waals surface area (Å²) in [6.45, 7) is 11.5. The molecule has 1 amide bonds. The van der Waals surface area contributed by atoms with Gasteiger partial charge in [0, 0.05) is 6.54 Å². The van der Waals surface area contributed by atoms with E-state index in [1.165, 1.54) is 0 Å². The van der Waals surface area contributed by atoms with Crippen LogP contribution in [-0.4, -0.2) is 30.6 Å². The molecule has 1 aromatic heterocycles. The molecule has 0 N–H and O–H groups in total. The van der Waals surface area contributed by atoms with Crippen molar-refractivity contribution in [1.82, 2.24) is 4.90 Å².